The summed E-state index contributed by atoms with van der Waals surface area (Å²) in [6, 6.07) is 7.63. The molecule has 0 atom stereocenters. The first kappa shape index (κ1) is 26.6. The number of hydrogen-bond acceptors (Lipinski definition) is 3. The van der Waals surface area contributed by atoms with Gasteiger partial charge in [-0.3, -0.25) is 9.79 Å². The average molecular weight is 504 g/mol. The second kappa shape index (κ2) is 13.8. The predicted octanol–water partition coefficient (Wildman–Crippen LogP) is 3.56. The highest BCUT2D eigenvalue weighted by Gasteiger charge is 2.15. The van der Waals surface area contributed by atoms with Crippen LogP contribution in [0.1, 0.15) is 57.0 Å². The third kappa shape index (κ3) is 12.2. The zero-order valence-electron chi connectivity index (χ0n) is 18.1. The molecule has 0 aromatic heterocycles. The summed E-state index contributed by atoms with van der Waals surface area (Å²) in [5, 5.41) is 9.53. The van der Waals surface area contributed by atoms with Crippen LogP contribution < -0.4 is 16.0 Å². The maximum atomic E-state index is 12.3. The molecule has 0 bridgehead atoms. The average Bonchev–Trinajstić information content (AvgIpc) is 2.59. The van der Waals surface area contributed by atoms with Crippen molar-refractivity contribution >= 4 is 35.8 Å². The van der Waals surface area contributed by atoms with Crippen LogP contribution in [-0.2, 0) is 11.3 Å². The highest BCUT2D eigenvalue weighted by Crippen LogP contribution is 2.08. The third-order valence-electron chi connectivity index (χ3n) is 3.57. The molecule has 28 heavy (non-hydrogen) atoms. The summed E-state index contributed by atoms with van der Waals surface area (Å²) in [6.45, 7) is 13.1. The van der Waals surface area contributed by atoms with Crippen molar-refractivity contribution in [3.05, 3.63) is 35.4 Å². The summed E-state index contributed by atoms with van der Waals surface area (Å²) in [6.07, 6.45) is 0.926. The van der Waals surface area contributed by atoms with Gasteiger partial charge < -0.3 is 20.7 Å². The molecule has 0 radical (unpaired) electrons. The van der Waals surface area contributed by atoms with Gasteiger partial charge in [-0.15, -0.1) is 24.0 Å². The summed E-state index contributed by atoms with van der Waals surface area (Å²) in [7, 11) is 1.75. The number of rotatable bonds is 9. The molecule has 160 valence electrons. The van der Waals surface area contributed by atoms with Crippen LogP contribution in [0.25, 0.3) is 0 Å². The number of nitrogens with one attached hydrogen (secondary N) is 3. The topological polar surface area (TPSA) is 74.8 Å². The van der Waals surface area contributed by atoms with E-state index in [9.17, 15) is 4.79 Å². The van der Waals surface area contributed by atoms with Crippen LogP contribution in [0.15, 0.2) is 29.3 Å². The fourth-order valence-electron chi connectivity index (χ4n) is 2.34. The number of amides is 1. The quantitative estimate of drug-likeness (QED) is 0.208. The minimum atomic E-state index is -0.254. The number of carbonyl (C=O) groups excluding carboxylic acids is 1. The van der Waals surface area contributed by atoms with Gasteiger partial charge in [0.15, 0.2) is 5.96 Å². The summed E-state index contributed by atoms with van der Waals surface area (Å²) in [4.78, 5) is 16.5. The van der Waals surface area contributed by atoms with E-state index in [0.29, 0.717) is 18.0 Å². The Morgan fingerprint density at radius 2 is 1.93 bits per heavy atom. The highest BCUT2D eigenvalue weighted by molar-refractivity contribution is 14.0. The molecule has 0 fully saturated rings. The molecule has 0 aliphatic carbocycles. The molecule has 1 aromatic carbocycles. The Kier molecular flexibility index (Phi) is 13.1. The van der Waals surface area contributed by atoms with Gasteiger partial charge in [0.1, 0.15) is 0 Å². The molecule has 0 saturated heterocycles. The van der Waals surface area contributed by atoms with Gasteiger partial charge in [0.2, 0.25) is 0 Å². The Balaban J connectivity index is 0.00000729. The number of halogens is 1. The summed E-state index contributed by atoms with van der Waals surface area (Å²) in [5.41, 5.74) is 1.44. The van der Waals surface area contributed by atoms with Crippen LogP contribution in [0.5, 0.6) is 0 Å². The zero-order chi connectivity index (χ0) is 20.3. The van der Waals surface area contributed by atoms with Gasteiger partial charge >= 0.3 is 0 Å². The van der Waals surface area contributed by atoms with Gasteiger partial charge in [0.05, 0.1) is 0 Å². The molecule has 1 amide bonds. The smallest absolute Gasteiger partial charge is 0.251 e. The second-order valence-corrected chi connectivity index (χ2v) is 8.08. The van der Waals surface area contributed by atoms with Crippen molar-refractivity contribution in [3.63, 3.8) is 0 Å². The van der Waals surface area contributed by atoms with E-state index in [0.717, 1.165) is 37.7 Å². The SMILES string of the molecule is CN=C(NCCCOCC(C)C)NCc1cccc(C(=O)NC(C)(C)C)c1.I. The van der Waals surface area contributed by atoms with Gasteiger partial charge in [-0.25, -0.2) is 0 Å². The van der Waals surface area contributed by atoms with E-state index in [-0.39, 0.29) is 35.4 Å². The Morgan fingerprint density at radius 3 is 2.54 bits per heavy atom. The van der Waals surface area contributed by atoms with E-state index in [1.54, 1.807) is 7.05 Å². The largest absolute Gasteiger partial charge is 0.381 e. The van der Waals surface area contributed by atoms with E-state index < -0.39 is 0 Å². The minimum absolute atomic E-state index is 0. The number of nitrogens with zero attached hydrogens (tertiary/aromatic N) is 1. The van der Waals surface area contributed by atoms with Crippen molar-refractivity contribution in [2.24, 2.45) is 10.9 Å². The second-order valence-electron chi connectivity index (χ2n) is 8.08. The molecule has 6 nitrogen and oxygen atoms in total. The lowest BCUT2D eigenvalue weighted by atomic mass is 10.1. The maximum Gasteiger partial charge on any atom is 0.251 e. The van der Waals surface area contributed by atoms with Crippen molar-refractivity contribution in [2.75, 3.05) is 26.8 Å². The third-order valence-corrected chi connectivity index (χ3v) is 3.57. The van der Waals surface area contributed by atoms with Crippen LogP contribution in [0.2, 0.25) is 0 Å². The van der Waals surface area contributed by atoms with Crippen molar-refractivity contribution in [1.82, 2.24) is 16.0 Å². The first-order chi connectivity index (χ1) is 12.7. The number of benzene rings is 1. The molecule has 0 unspecified atom stereocenters. The Bertz CT molecular complexity index is 613. The molecular formula is C21H37IN4O2. The van der Waals surface area contributed by atoms with Crippen LogP contribution in [-0.4, -0.2) is 44.2 Å². The van der Waals surface area contributed by atoms with Crippen LogP contribution in [0.3, 0.4) is 0 Å². The molecule has 7 heteroatoms. The normalized spacial score (nSPS) is 11.8. The van der Waals surface area contributed by atoms with E-state index in [1.165, 1.54) is 0 Å². The van der Waals surface area contributed by atoms with Crippen molar-refractivity contribution in [3.8, 4) is 0 Å². The Morgan fingerprint density at radius 1 is 1.21 bits per heavy atom. The number of aliphatic imine (C=N–C) groups is 1. The molecule has 0 saturated carbocycles. The fraction of sp³-hybridized carbons (Fsp3) is 0.619. The van der Waals surface area contributed by atoms with Crippen molar-refractivity contribution < 1.29 is 9.53 Å². The summed E-state index contributed by atoms with van der Waals surface area (Å²) >= 11 is 0. The number of carbonyl (C=O) groups is 1. The first-order valence-electron chi connectivity index (χ1n) is 9.65. The van der Waals surface area contributed by atoms with Crippen LogP contribution >= 0.6 is 24.0 Å². The standard InChI is InChI=1S/C21H36N4O2.HI/c1-16(2)15-27-12-8-11-23-20(22-6)24-14-17-9-7-10-18(13-17)19(26)25-21(3,4)5;/h7,9-10,13,16H,8,11-12,14-15H2,1-6H3,(H,25,26)(H2,22,23,24);1H. The first-order valence-corrected chi connectivity index (χ1v) is 9.65. The number of hydrogen-bond donors (Lipinski definition) is 3. The number of guanidine groups is 1. The molecule has 3 N–H and O–H groups in total. The lowest BCUT2D eigenvalue weighted by Gasteiger charge is -2.20. The maximum absolute atomic E-state index is 12.3. The molecule has 0 aliphatic rings. The van der Waals surface area contributed by atoms with Gasteiger partial charge in [-0.05, 0) is 50.8 Å². The lowest BCUT2D eigenvalue weighted by Crippen LogP contribution is -2.40. The van der Waals surface area contributed by atoms with E-state index >= 15 is 0 Å². The summed E-state index contributed by atoms with van der Waals surface area (Å²) in [5.74, 6) is 1.24. The highest BCUT2D eigenvalue weighted by atomic mass is 127. The van der Waals surface area contributed by atoms with Crippen LogP contribution in [0.4, 0.5) is 0 Å². The Labute approximate surface area is 187 Å². The predicted molar refractivity (Wildman–Crippen MR) is 128 cm³/mol. The summed E-state index contributed by atoms with van der Waals surface area (Å²) < 4.78 is 5.57. The Hall–Kier alpha value is -1.35. The fourth-order valence-corrected chi connectivity index (χ4v) is 2.34. The molecule has 1 aromatic rings. The molecule has 1 rings (SSSR count). The van der Waals surface area contributed by atoms with Gasteiger partial charge in [0.25, 0.3) is 5.91 Å². The molecular weight excluding hydrogens is 467 g/mol. The monoisotopic (exact) mass is 504 g/mol. The van der Waals surface area contributed by atoms with E-state index in [4.69, 9.17) is 4.74 Å². The van der Waals surface area contributed by atoms with Crippen molar-refractivity contribution in [1.29, 1.82) is 0 Å². The van der Waals surface area contributed by atoms with Crippen LogP contribution in [0, 0.1) is 5.92 Å². The molecule has 0 spiro atoms. The number of ether oxygens (including phenoxy) is 1. The van der Waals surface area contributed by atoms with E-state index in [2.05, 4.69) is 34.8 Å². The molecule has 0 aliphatic heterocycles. The minimum Gasteiger partial charge on any atom is -0.381 e. The lowest BCUT2D eigenvalue weighted by molar-refractivity contribution is 0.0919. The zero-order valence-corrected chi connectivity index (χ0v) is 20.4. The molecule has 0 heterocycles. The van der Waals surface area contributed by atoms with E-state index in [1.807, 2.05) is 45.0 Å². The van der Waals surface area contributed by atoms with Crippen molar-refractivity contribution in [2.45, 2.75) is 53.1 Å². The van der Waals surface area contributed by atoms with Gasteiger partial charge in [-0.1, -0.05) is 26.0 Å². The van der Waals surface area contributed by atoms with Gasteiger partial charge in [-0.2, -0.15) is 0 Å². The van der Waals surface area contributed by atoms with Gasteiger partial charge in [0, 0.05) is 44.5 Å².